The second-order valence-corrected chi connectivity index (χ2v) is 6.51. The zero-order chi connectivity index (χ0) is 10.2. The summed E-state index contributed by atoms with van der Waals surface area (Å²) in [6, 6.07) is 0. The first kappa shape index (κ1) is 11.1. The summed E-state index contributed by atoms with van der Waals surface area (Å²) in [5.74, 6) is 3.87. The minimum atomic E-state index is 0.508. The topological polar surface area (TPSA) is 0 Å². The highest BCUT2D eigenvalue weighted by Gasteiger charge is 2.39. The van der Waals surface area contributed by atoms with Crippen LogP contribution in [0.3, 0.4) is 0 Å². The van der Waals surface area contributed by atoms with Crippen LogP contribution < -0.4 is 0 Å². The van der Waals surface area contributed by atoms with Crippen LogP contribution in [0, 0.1) is 29.1 Å². The Kier molecular flexibility index (Phi) is 3.09. The summed E-state index contributed by atoms with van der Waals surface area (Å²) >= 11 is 0. The van der Waals surface area contributed by atoms with Crippen LogP contribution in [0.2, 0.25) is 0 Å². The van der Waals surface area contributed by atoms with Gasteiger partial charge in [-0.1, -0.05) is 41.5 Å². The first-order chi connectivity index (χ1) is 5.81. The molecule has 1 rings (SSSR count). The summed E-state index contributed by atoms with van der Waals surface area (Å²) in [5.41, 5.74) is 0.508. The van der Waals surface area contributed by atoms with Gasteiger partial charge in [0, 0.05) is 0 Å². The fourth-order valence-electron chi connectivity index (χ4n) is 3.49. The molecule has 0 heteroatoms. The zero-order valence-electron chi connectivity index (χ0n) is 10.2. The third kappa shape index (κ3) is 2.72. The third-order valence-corrected chi connectivity index (χ3v) is 3.65. The summed E-state index contributed by atoms with van der Waals surface area (Å²) in [4.78, 5) is 0. The van der Waals surface area contributed by atoms with Crippen molar-refractivity contribution in [3.63, 3.8) is 0 Å². The smallest absolute Gasteiger partial charge is 0.0336 e. The monoisotopic (exact) mass is 182 g/mol. The van der Waals surface area contributed by atoms with Crippen LogP contribution in [0.15, 0.2) is 0 Å². The van der Waals surface area contributed by atoms with Gasteiger partial charge >= 0.3 is 0 Å². The first-order valence-corrected chi connectivity index (χ1v) is 5.81. The molecule has 0 N–H and O–H groups in total. The van der Waals surface area contributed by atoms with Crippen molar-refractivity contribution in [2.75, 3.05) is 0 Å². The maximum atomic E-state index is 2.45. The molecule has 0 aliphatic heterocycles. The van der Waals surface area contributed by atoms with Crippen LogP contribution in [-0.4, -0.2) is 0 Å². The molecule has 0 saturated heterocycles. The van der Waals surface area contributed by atoms with Gasteiger partial charge in [-0.25, -0.2) is 0 Å². The molecule has 0 aromatic rings. The van der Waals surface area contributed by atoms with Crippen LogP contribution >= 0.6 is 0 Å². The minimum Gasteiger partial charge on any atom is -0.0622 e. The molecule has 0 nitrogen and oxygen atoms in total. The lowest BCUT2D eigenvalue weighted by molar-refractivity contribution is 0.0317. The molecular formula is C13H26. The highest BCUT2D eigenvalue weighted by molar-refractivity contribution is 4.88. The van der Waals surface area contributed by atoms with E-state index >= 15 is 0 Å². The van der Waals surface area contributed by atoms with Gasteiger partial charge in [-0.05, 0) is 41.9 Å². The Morgan fingerprint density at radius 3 is 1.92 bits per heavy atom. The van der Waals surface area contributed by atoms with Crippen molar-refractivity contribution < 1.29 is 0 Å². The van der Waals surface area contributed by atoms with E-state index in [0.717, 1.165) is 23.7 Å². The molecule has 1 saturated carbocycles. The van der Waals surface area contributed by atoms with Gasteiger partial charge < -0.3 is 0 Å². The molecule has 1 aliphatic rings. The Hall–Kier alpha value is 0. The maximum Gasteiger partial charge on any atom is -0.0336 e. The fraction of sp³-hybridized carbons (Fsp3) is 1.00. The van der Waals surface area contributed by atoms with E-state index in [1.807, 2.05) is 0 Å². The Balaban J connectivity index is 2.43. The molecular weight excluding hydrogens is 156 g/mol. The summed E-state index contributed by atoms with van der Waals surface area (Å²) < 4.78 is 0. The number of hydrogen-bond acceptors (Lipinski definition) is 0. The molecule has 3 atom stereocenters. The summed E-state index contributed by atoms with van der Waals surface area (Å²) in [6.07, 6.45) is 2.84. The lowest BCUT2D eigenvalue weighted by Crippen LogP contribution is -2.38. The van der Waals surface area contributed by atoms with Crippen molar-refractivity contribution in [2.24, 2.45) is 29.1 Å². The Morgan fingerprint density at radius 1 is 1.15 bits per heavy atom. The van der Waals surface area contributed by atoms with E-state index in [0.29, 0.717) is 5.41 Å². The summed E-state index contributed by atoms with van der Waals surface area (Å²) in [5, 5.41) is 0. The lowest BCUT2D eigenvalue weighted by Gasteiger charge is -2.46. The number of rotatable bonds is 2. The van der Waals surface area contributed by atoms with Gasteiger partial charge in [0.2, 0.25) is 0 Å². The van der Waals surface area contributed by atoms with E-state index in [2.05, 4.69) is 41.5 Å². The molecule has 3 unspecified atom stereocenters. The average Bonchev–Trinajstić information content (AvgIpc) is 1.80. The third-order valence-electron chi connectivity index (χ3n) is 3.65. The van der Waals surface area contributed by atoms with Crippen LogP contribution in [0.25, 0.3) is 0 Å². The Labute approximate surface area is 84.1 Å². The fourth-order valence-corrected chi connectivity index (χ4v) is 3.49. The molecule has 1 aliphatic carbocycles. The predicted octanol–water partition coefficient (Wildman–Crippen LogP) is 4.35. The van der Waals surface area contributed by atoms with Gasteiger partial charge in [-0.2, -0.15) is 0 Å². The highest BCUT2D eigenvalue weighted by atomic mass is 14.4. The van der Waals surface area contributed by atoms with Crippen molar-refractivity contribution in [3.8, 4) is 0 Å². The van der Waals surface area contributed by atoms with E-state index < -0.39 is 0 Å². The Morgan fingerprint density at radius 2 is 1.62 bits per heavy atom. The van der Waals surface area contributed by atoms with Crippen LogP contribution in [-0.2, 0) is 0 Å². The molecule has 0 heterocycles. The average molecular weight is 182 g/mol. The van der Waals surface area contributed by atoms with Gasteiger partial charge in [0.25, 0.3) is 0 Å². The molecule has 1 fully saturated rings. The van der Waals surface area contributed by atoms with E-state index in [9.17, 15) is 0 Å². The van der Waals surface area contributed by atoms with Gasteiger partial charge in [0.05, 0.1) is 0 Å². The van der Waals surface area contributed by atoms with Gasteiger partial charge in [-0.3, -0.25) is 0 Å². The second kappa shape index (κ2) is 3.63. The summed E-state index contributed by atoms with van der Waals surface area (Å²) in [6.45, 7) is 14.4. The largest absolute Gasteiger partial charge is 0.0622 e. The molecule has 0 bridgehead atoms. The van der Waals surface area contributed by atoms with Gasteiger partial charge in [-0.15, -0.1) is 0 Å². The van der Waals surface area contributed by atoms with Crippen LogP contribution in [0.5, 0.6) is 0 Å². The minimum absolute atomic E-state index is 0.508. The van der Waals surface area contributed by atoms with Crippen molar-refractivity contribution >= 4 is 0 Å². The zero-order valence-corrected chi connectivity index (χ0v) is 10.2. The highest BCUT2D eigenvalue weighted by Crippen LogP contribution is 2.47. The number of hydrogen-bond donors (Lipinski definition) is 0. The van der Waals surface area contributed by atoms with Crippen molar-refractivity contribution in [2.45, 2.75) is 54.4 Å². The van der Waals surface area contributed by atoms with Crippen molar-refractivity contribution in [1.29, 1.82) is 0 Å². The quantitative estimate of drug-likeness (QED) is 0.595. The van der Waals surface area contributed by atoms with Crippen LogP contribution in [0.4, 0.5) is 0 Å². The maximum absolute atomic E-state index is 2.45. The molecule has 78 valence electrons. The van der Waals surface area contributed by atoms with E-state index in [1.54, 1.807) is 0 Å². The van der Waals surface area contributed by atoms with Crippen molar-refractivity contribution in [1.82, 2.24) is 0 Å². The Bertz CT molecular complexity index is 155. The summed E-state index contributed by atoms with van der Waals surface area (Å²) in [7, 11) is 0. The lowest BCUT2D eigenvalue weighted by atomic mass is 9.59. The van der Waals surface area contributed by atoms with Crippen LogP contribution in [0.1, 0.15) is 54.4 Å². The van der Waals surface area contributed by atoms with E-state index in [4.69, 9.17) is 0 Å². The standard InChI is InChI=1S/C13H26/c1-9-7-10(2)12(9)11(3)8-13(4,5)6/h9-12H,7-8H2,1-6H3. The molecule has 0 spiro atoms. The van der Waals surface area contributed by atoms with Gasteiger partial charge in [0.15, 0.2) is 0 Å². The van der Waals surface area contributed by atoms with Gasteiger partial charge in [0.1, 0.15) is 0 Å². The SMILES string of the molecule is CC1CC(C)C1C(C)CC(C)(C)C. The van der Waals surface area contributed by atoms with Crippen molar-refractivity contribution in [3.05, 3.63) is 0 Å². The molecule has 13 heavy (non-hydrogen) atoms. The molecule has 0 aromatic carbocycles. The first-order valence-electron chi connectivity index (χ1n) is 5.81. The van der Waals surface area contributed by atoms with E-state index in [1.165, 1.54) is 12.8 Å². The van der Waals surface area contributed by atoms with E-state index in [-0.39, 0.29) is 0 Å². The second-order valence-electron chi connectivity index (χ2n) is 6.51. The molecule has 0 radical (unpaired) electrons. The predicted molar refractivity (Wildman–Crippen MR) is 59.7 cm³/mol. The molecule has 0 aromatic heterocycles. The normalized spacial score (nSPS) is 36.9. The molecule has 0 amide bonds.